The summed E-state index contributed by atoms with van der Waals surface area (Å²) in [6.07, 6.45) is 2.40. The third-order valence-electron chi connectivity index (χ3n) is 3.24. The van der Waals surface area contributed by atoms with Gasteiger partial charge < -0.3 is 4.90 Å². The zero-order valence-corrected chi connectivity index (χ0v) is 10.4. The standard InChI is InChI=1S/C13H14N4O/c1-9-7-10-5-3-4-6-12(10)17(9)13(18)11-8-14-16(2)15-11/h3-6,8-9H,7H2,1-2H3. The lowest BCUT2D eigenvalue weighted by atomic mass is 10.1. The molecule has 1 aromatic heterocycles. The second-order valence-electron chi connectivity index (χ2n) is 4.58. The molecule has 1 aromatic carbocycles. The van der Waals surface area contributed by atoms with Gasteiger partial charge in [-0.1, -0.05) is 18.2 Å². The molecule has 92 valence electrons. The molecule has 18 heavy (non-hydrogen) atoms. The van der Waals surface area contributed by atoms with Crippen molar-refractivity contribution in [2.24, 2.45) is 7.05 Å². The average molecular weight is 242 g/mol. The number of rotatable bonds is 1. The molecule has 0 bridgehead atoms. The van der Waals surface area contributed by atoms with Crippen LogP contribution in [-0.4, -0.2) is 26.9 Å². The number of hydrogen-bond acceptors (Lipinski definition) is 3. The van der Waals surface area contributed by atoms with Gasteiger partial charge in [-0.3, -0.25) is 4.79 Å². The first-order valence-electron chi connectivity index (χ1n) is 5.94. The van der Waals surface area contributed by atoms with E-state index >= 15 is 0 Å². The van der Waals surface area contributed by atoms with Crippen LogP contribution >= 0.6 is 0 Å². The Bertz CT molecular complexity index is 605. The van der Waals surface area contributed by atoms with Crippen LogP contribution in [0.3, 0.4) is 0 Å². The fourth-order valence-corrected chi connectivity index (χ4v) is 2.44. The number of anilines is 1. The lowest BCUT2D eigenvalue weighted by Gasteiger charge is -2.21. The Hall–Kier alpha value is -2.17. The van der Waals surface area contributed by atoms with Crippen molar-refractivity contribution in [2.75, 3.05) is 4.90 Å². The van der Waals surface area contributed by atoms with Crippen LogP contribution in [-0.2, 0) is 13.5 Å². The molecule has 1 aliphatic rings. The quantitative estimate of drug-likeness (QED) is 0.759. The molecule has 0 saturated heterocycles. The monoisotopic (exact) mass is 242 g/mol. The Balaban J connectivity index is 2.00. The van der Waals surface area contributed by atoms with Crippen LogP contribution in [0, 0.1) is 0 Å². The number of carbonyl (C=O) groups excluding carboxylic acids is 1. The van der Waals surface area contributed by atoms with E-state index in [1.807, 2.05) is 25.1 Å². The molecule has 0 radical (unpaired) electrons. The topological polar surface area (TPSA) is 51.0 Å². The Morgan fingerprint density at radius 2 is 2.17 bits per heavy atom. The minimum atomic E-state index is -0.0828. The number of aromatic nitrogens is 3. The fraction of sp³-hybridized carbons (Fsp3) is 0.308. The maximum absolute atomic E-state index is 12.4. The van der Waals surface area contributed by atoms with Crippen molar-refractivity contribution in [1.82, 2.24) is 15.0 Å². The van der Waals surface area contributed by atoms with Crippen LogP contribution in [0.2, 0.25) is 0 Å². The van der Waals surface area contributed by atoms with Gasteiger partial charge in [0, 0.05) is 18.8 Å². The number of hydrogen-bond donors (Lipinski definition) is 0. The summed E-state index contributed by atoms with van der Waals surface area (Å²) >= 11 is 0. The molecule has 0 aliphatic carbocycles. The molecule has 1 atom stereocenters. The molecule has 5 nitrogen and oxygen atoms in total. The molecule has 5 heteroatoms. The Morgan fingerprint density at radius 3 is 2.89 bits per heavy atom. The molecule has 2 aromatic rings. The predicted molar refractivity (Wildman–Crippen MR) is 67.4 cm³/mol. The Kier molecular flexibility index (Phi) is 2.40. The van der Waals surface area contributed by atoms with E-state index in [2.05, 4.69) is 16.3 Å². The third-order valence-corrected chi connectivity index (χ3v) is 3.24. The van der Waals surface area contributed by atoms with Crippen LogP contribution in [0.5, 0.6) is 0 Å². The van der Waals surface area contributed by atoms with Crippen molar-refractivity contribution in [3.05, 3.63) is 41.7 Å². The normalized spacial score (nSPS) is 17.9. The van der Waals surface area contributed by atoms with Gasteiger partial charge in [0.05, 0.1) is 6.20 Å². The average Bonchev–Trinajstić information content (AvgIpc) is 2.91. The highest BCUT2D eigenvalue weighted by atomic mass is 16.2. The zero-order chi connectivity index (χ0) is 12.7. The van der Waals surface area contributed by atoms with Crippen molar-refractivity contribution in [3.63, 3.8) is 0 Å². The first-order chi connectivity index (χ1) is 8.66. The molecule has 0 N–H and O–H groups in total. The third kappa shape index (κ3) is 1.59. The Morgan fingerprint density at radius 1 is 1.39 bits per heavy atom. The minimum absolute atomic E-state index is 0.0828. The summed E-state index contributed by atoms with van der Waals surface area (Å²) in [4.78, 5) is 15.7. The summed E-state index contributed by atoms with van der Waals surface area (Å²) in [5, 5.41) is 8.03. The van der Waals surface area contributed by atoms with Crippen LogP contribution in [0.25, 0.3) is 0 Å². The number of benzene rings is 1. The van der Waals surface area contributed by atoms with Crippen molar-refractivity contribution in [3.8, 4) is 0 Å². The van der Waals surface area contributed by atoms with Crippen molar-refractivity contribution in [2.45, 2.75) is 19.4 Å². The van der Waals surface area contributed by atoms with Crippen LogP contribution < -0.4 is 4.90 Å². The van der Waals surface area contributed by atoms with Crippen molar-refractivity contribution >= 4 is 11.6 Å². The maximum atomic E-state index is 12.4. The van der Waals surface area contributed by atoms with Crippen molar-refractivity contribution < 1.29 is 4.79 Å². The highest BCUT2D eigenvalue weighted by Gasteiger charge is 2.32. The van der Waals surface area contributed by atoms with Gasteiger partial charge in [0.25, 0.3) is 5.91 Å². The highest BCUT2D eigenvalue weighted by Crippen LogP contribution is 2.32. The van der Waals surface area contributed by atoms with Gasteiger partial charge in [0.1, 0.15) is 0 Å². The second-order valence-corrected chi connectivity index (χ2v) is 4.58. The van der Waals surface area contributed by atoms with Gasteiger partial charge in [-0.25, -0.2) is 0 Å². The van der Waals surface area contributed by atoms with E-state index in [-0.39, 0.29) is 11.9 Å². The molecular formula is C13H14N4O. The summed E-state index contributed by atoms with van der Waals surface area (Å²) in [6, 6.07) is 8.16. The molecule has 3 rings (SSSR count). The SMILES string of the molecule is CC1Cc2ccccc2N1C(=O)c1cnn(C)n1. The smallest absolute Gasteiger partial charge is 0.280 e. The molecule has 2 heterocycles. The van der Waals surface area contributed by atoms with Gasteiger partial charge in [-0.15, -0.1) is 5.10 Å². The number of carbonyl (C=O) groups is 1. The van der Waals surface area contributed by atoms with E-state index < -0.39 is 0 Å². The number of aryl methyl sites for hydroxylation is 1. The minimum Gasteiger partial charge on any atom is -0.304 e. The van der Waals surface area contributed by atoms with Gasteiger partial charge in [0.15, 0.2) is 5.69 Å². The lowest BCUT2D eigenvalue weighted by molar-refractivity contribution is 0.0976. The van der Waals surface area contributed by atoms with E-state index in [0.717, 1.165) is 12.1 Å². The number of fused-ring (bicyclic) bond motifs is 1. The van der Waals surface area contributed by atoms with Gasteiger partial charge in [0.2, 0.25) is 0 Å². The highest BCUT2D eigenvalue weighted by molar-refractivity contribution is 6.06. The number of para-hydroxylation sites is 1. The number of nitrogens with zero attached hydrogens (tertiary/aromatic N) is 4. The fourth-order valence-electron chi connectivity index (χ4n) is 2.44. The predicted octanol–water partition coefficient (Wildman–Crippen LogP) is 1.41. The summed E-state index contributed by atoms with van der Waals surface area (Å²) in [6.45, 7) is 2.05. The first kappa shape index (κ1) is 11.0. The molecule has 1 aliphatic heterocycles. The van der Waals surface area contributed by atoms with Crippen LogP contribution in [0.15, 0.2) is 30.5 Å². The molecule has 1 unspecified atom stereocenters. The van der Waals surface area contributed by atoms with Gasteiger partial charge in [-0.2, -0.15) is 9.90 Å². The molecule has 0 saturated carbocycles. The van der Waals surface area contributed by atoms with Crippen LogP contribution in [0.1, 0.15) is 23.0 Å². The summed E-state index contributed by atoms with van der Waals surface area (Å²) < 4.78 is 0. The Labute approximate surface area is 105 Å². The maximum Gasteiger partial charge on any atom is 0.280 e. The molecule has 0 spiro atoms. The summed E-state index contributed by atoms with van der Waals surface area (Å²) in [5.74, 6) is -0.0828. The van der Waals surface area contributed by atoms with E-state index in [0.29, 0.717) is 5.69 Å². The molecular weight excluding hydrogens is 228 g/mol. The van der Waals surface area contributed by atoms with Crippen LogP contribution in [0.4, 0.5) is 5.69 Å². The molecule has 0 fully saturated rings. The molecule has 1 amide bonds. The van der Waals surface area contributed by atoms with E-state index in [1.54, 1.807) is 11.9 Å². The van der Waals surface area contributed by atoms with E-state index in [1.165, 1.54) is 16.6 Å². The van der Waals surface area contributed by atoms with E-state index in [4.69, 9.17) is 0 Å². The first-order valence-corrected chi connectivity index (χ1v) is 5.94. The second kappa shape index (κ2) is 3.94. The van der Waals surface area contributed by atoms with Gasteiger partial charge >= 0.3 is 0 Å². The number of amides is 1. The van der Waals surface area contributed by atoms with Gasteiger partial charge in [-0.05, 0) is 25.0 Å². The van der Waals surface area contributed by atoms with E-state index in [9.17, 15) is 4.79 Å². The largest absolute Gasteiger partial charge is 0.304 e. The summed E-state index contributed by atoms with van der Waals surface area (Å²) in [5.41, 5.74) is 2.59. The lowest BCUT2D eigenvalue weighted by Crippen LogP contribution is -2.36. The van der Waals surface area contributed by atoms with Crippen molar-refractivity contribution in [1.29, 1.82) is 0 Å². The summed E-state index contributed by atoms with van der Waals surface area (Å²) in [7, 11) is 1.71. The zero-order valence-electron chi connectivity index (χ0n) is 10.4.